The third kappa shape index (κ3) is 1.78. The first-order valence-electron chi connectivity index (χ1n) is 5.23. The predicted molar refractivity (Wildman–Crippen MR) is 60.6 cm³/mol. The summed E-state index contributed by atoms with van der Waals surface area (Å²) in [5, 5.41) is 8.81. The summed E-state index contributed by atoms with van der Waals surface area (Å²) in [4.78, 5) is 15.0. The molecule has 1 atom stereocenters. The van der Waals surface area contributed by atoms with E-state index in [0.29, 0.717) is 0 Å². The summed E-state index contributed by atoms with van der Waals surface area (Å²) in [6, 6.07) is 3.89. The van der Waals surface area contributed by atoms with Crippen LogP contribution < -0.4 is 0 Å². The van der Waals surface area contributed by atoms with Gasteiger partial charge < -0.3 is 9.51 Å². The Morgan fingerprint density at radius 3 is 3.06 bits per heavy atom. The van der Waals surface area contributed by atoms with Crippen LogP contribution in [0.4, 0.5) is 0 Å². The van der Waals surface area contributed by atoms with E-state index in [2.05, 4.69) is 4.98 Å². The van der Waals surface area contributed by atoms with Crippen LogP contribution in [0.25, 0.3) is 5.52 Å². The summed E-state index contributed by atoms with van der Waals surface area (Å²) in [7, 11) is 0. The Morgan fingerprint density at radius 1 is 1.62 bits per heavy atom. The van der Waals surface area contributed by atoms with Gasteiger partial charge in [-0.15, -0.1) is 0 Å². The van der Waals surface area contributed by atoms with Crippen molar-refractivity contribution < 1.29 is 9.90 Å². The molecule has 1 N–H and O–H groups in total. The highest BCUT2D eigenvalue weighted by Gasteiger charge is 2.14. The van der Waals surface area contributed by atoms with Gasteiger partial charge in [-0.2, -0.15) is 0 Å². The molecular formula is C12H14N2O2. The van der Waals surface area contributed by atoms with Crippen LogP contribution in [0, 0.1) is 6.92 Å². The second-order valence-electron chi connectivity index (χ2n) is 4.05. The third-order valence-corrected chi connectivity index (χ3v) is 2.78. The van der Waals surface area contributed by atoms with Gasteiger partial charge in [-0.3, -0.25) is 4.79 Å². The maximum absolute atomic E-state index is 10.7. The summed E-state index contributed by atoms with van der Waals surface area (Å²) in [5.41, 5.74) is 3.00. The highest BCUT2D eigenvalue weighted by Crippen LogP contribution is 2.25. The molecule has 0 saturated heterocycles. The molecule has 2 aromatic heterocycles. The number of carboxylic acid groups (broad SMARTS) is 1. The molecule has 0 saturated carbocycles. The summed E-state index contributed by atoms with van der Waals surface area (Å²) >= 11 is 0. The number of aryl methyl sites for hydroxylation is 1. The van der Waals surface area contributed by atoms with E-state index in [4.69, 9.17) is 5.11 Å². The normalized spacial score (nSPS) is 12.9. The number of aromatic nitrogens is 2. The van der Waals surface area contributed by atoms with Gasteiger partial charge in [0.15, 0.2) is 0 Å². The van der Waals surface area contributed by atoms with Crippen molar-refractivity contribution in [2.24, 2.45) is 0 Å². The van der Waals surface area contributed by atoms with Gasteiger partial charge in [0.05, 0.1) is 24.0 Å². The number of rotatable bonds is 3. The van der Waals surface area contributed by atoms with Crippen LogP contribution in [0.5, 0.6) is 0 Å². The minimum Gasteiger partial charge on any atom is -0.481 e. The fourth-order valence-corrected chi connectivity index (χ4v) is 2.01. The first-order valence-corrected chi connectivity index (χ1v) is 5.23. The molecule has 0 aliphatic heterocycles. The Morgan fingerprint density at radius 2 is 2.38 bits per heavy atom. The number of pyridine rings is 1. The maximum atomic E-state index is 10.7. The molecule has 1 unspecified atom stereocenters. The van der Waals surface area contributed by atoms with Gasteiger partial charge in [-0.25, -0.2) is 4.98 Å². The summed E-state index contributed by atoms with van der Waals surface area (Å²) in [6.45, 7) is 3.86. The highest BCUT2D eigenvalue weighted by molar-refractivity contribution is 5.69. The molecule has 84 valence electrons. The van der Waals surface area contributed by atoms with Crippen LogP contribution in [0.2, 0.25) is 0 Å². The number of carbonyl (C=O) groups is 1. The molecule has 0 radical (unpaired) electrons. The average Bonchev–Trinajstić information content (AvgIpc) is 2.59. The summed E-state index contributed by atoms with van der Waals surface area (Å²) < 4.78 is 1.93. The van der Waals surface area contributed by atoms with Gasteiger partial charge in [0.2, 0.25) is 0 Å². The van der Waals surface area contributed by atoms with Crippen molar-refractivity contribution >= 4 is 11.5 Å². The number of nitrogens with zero attached hydrogens (tertiary/aromatic N) is 2. The van der Waals surface area contributed by atoms with Crippen molar-refractivity contribution in [2.45, 2.75) is 26.2 Å². The number of carboxylic acids is 1. The molecule has 4 nitrogen and oxygen atoms in total. The van der Waals surface area contributed by atoms with E-state index >= 15 is 0 Å². The highest BCUT2D eigenvalue weighted by atomic mass is 16.4. The van der Waals surface area contributed by atoms with Crippen molar-refractivity contribution in [1.29, 1.82) is 0 Å². The lowest BCUT2D eigenvalue weighted by Crippen LogP contribution is -2.04. The Bertz CT molecular complexity index is 531. The standard InChI is InChI=1S/C12H14N2O2/c1-8(6-11(15)16)10-4-3-5-14-7-13-9(2)12(10)14/h3-5,7-8H,6H2,1-2H3,(H,15,16). The van der Waals surface area contributed by atoms with Crippen LogP contribution in [-0.4, -0.2) is 20.5 Å². The van der Waals surface area contributed by atoms with Gasteiger partial charge in [0.25, 0.3) is 0 Å². The number of aliphatic carboxylic acids is 1. The Labute approximate surface area is 93.5 Å². The lowest BCUT2D eigenvalue weighted by Gasteiger charge is -2.11. The average molecular weight is 218 g/mol. The molecule has 0 aromatic carbocycles. The zero-order valence-corrected chi connectivity index (χ0v) is 9.34. The van der Waals surface area contributed by atoms with Crippen LogP contribution in [0.3, 0.4) is 0 Å². The minimum atomic E-state index is -0.772. The van der Waals surface area contributed by atoms with Gasteiger partial charge in [0.1, 0.15) is 0 Å². The SMILES string of the molecule is Cc1ncn2cccc(C(C)CC(=O)O)c12. The lowest BCUT2D eigenvalue weighted by atomic mass is 9.97. The van der Waals surface area contributed by atoms with Crippen LogP contribution >= 0.6 is 0 Å². The van der Waals surface area contributed by atoms with Gasteiger partial charge >= 0.3 is 5.97 Å². The van der Waals surface area contributed by atoms with E-state index in [1.165, 1.54) is 0 Å². The molecule has 0 bridgehead atoms. The molecule has 4 heteroatoms. The van der Waals surface area contributed by atoms with E-state index in [1.807, 2.05) is 36.6 Å². The number of fused-ring (bicyclic) bond motifs is 1. The Balaban J connectivity index is 2.50. The fourth-order valence-electron chi connectivity index (χ4n) is 2.01. The molecule has 2 heterocycles. The van der Waals surface area contributed by atoms with Gasteiger partial charge in [0, 0.05) is 6.20 Å². The van der Waals surface area contributed by atoms with Crippen LogP contribution in [0.1, 0.15) is 30.5 Å². The zero-order chi connectivity index (χ0) is 11.7. The largest absolute Gasteiger partial charge is 0.481 e. The molecule has 16 heavy (non-hydrogen) atoms. The maximum Gasteiger partial charge on any atom is 0.303 e. The minimum absolute atomic E-state index is 0.00315. The van der Waals surface area contributed by atoms with Crippen molar-refractivity contribution in [3.63, 3.8) is 0 Å². The second kappa shape index (κ2) is 3.96. The predicted octanol–water partition coefficient (Wildman–Crippen LogP) is 2.22. The van der Waals surface area contributed by atoms with Gasteiger partial charge in [-0.1, -0.05) is 13.0 Å². The third-order valence-electron chi connectivity index (χ3n) is 2.78. The number of hydrogen-bond acceptors (Lipinski definition) is 2. The van der Waals surface area contributed by atoms with Crippen LogP contribution in [-0.2, 0) is 4.79 Å². The van der Waals surface area contributed by atoms with Crippen LogP contribution in [0.15, 0.2) is 24.7 Å². The quantitative estimate of drug-likeness (QED) is 0.859. The van der Waals surface area contributed by atoms with Crippen molar-refractivity contribution in [3.8, 4) is 0 Å². The van der Waals surface area contributed by atoms with E-state index in [-0.39, 0.29) is 12.3 Å². The van der Waals surface area contributed by atoms with E-state index in [0.717, 1.165) is 16.8 Å². The van der Waals surface area contributed by atoms with E-state index in [1.54, 1.807) is 6.33 Å². The van der Waals surface area contributed by atoms with Crippen molar-refractivity contribution in [2.75, 3.05) is 0 Å². The Hall–Kier alpha value is -1.84. The second-order valence-corrected chi connectivity index (χ2v) is 4.05. The molecule has 0 spiro atoms. The summed E-state index contributed by atoms with van der Waals surface area (Å²) in [6.07, 6.45) is 3.82. The molecule has 0 aliphatic rings. The first-order chi connectivity index (χ1) is 7.59. The number of hydrogen-bond donors (Lipinski definition) is 1. The summed E-state index contributed by atoms with van der Waals surface area (Å²) in [5.74, 6) is -0.775. The first kappa shape index (κ1) is 10.7. The molecular weight excluding hydrogens is 204 g/mol. The molecule has 2 rings (SSSR count). The molecule has 0 fully saturated rings. The van der Waals surface area contributed by atoms with Crippen molar-refractivity contribution in [1.82, 2.24) is 9.38 Å². The zero-order valence-electron chi connectivity index (χ0n) is 9.34. The Kier molecular flexibility index (Phi) is 2.64. The smallest absolute Gasteiger partial charge is 0.303 e. The lowest BCUT2D eigenvalue weighted by molar-refractivity contribution is -0.137. The molecule has 2 aromatic rings. The van der Waals surface area contributed by atoms with Gasteiger partial charge in [-0.05, 0) is 24.5 Å². The molecule has 0 amide bonds. The number of imidazole rings is 1. The van der Waals surface area contributed by atoms with Crippen molar-refractivity contribution in [3.05, 3.63) is 35.9 Å². The van der Waals surface area contributed by atoms with E-state index < -0.39 is 5.97 Å². The fraction of sp³-hybridized carbons (Fsp3) is 0.333. The monoisotopic (exact) mass is 218 g/mol. The topological polar surface area (TPSA) is 54.6 Å². The van der Waals surface area contributed by atoms with E-state index in [9.17, 15) is 4.79 Å². The molecule has 0 aliphatic carbocycles.